The highest BCUT2D eigenvalue weighted by atomic mass is 35.5. The Morgan fingerprint density at radius 2 is 1.50 bits per heavy atom. The van der Waals surface area contributed by atoms with Crippen LogP contribution in [0.5, 0.6) is 0 Å². The van der Waals surface area contributed by atoms with Gasteiger partial charge in [0.2, 0.25) is 10.0 Å². The van der Waals surface area contributed by atoms with E-state index in [9.17, 15) is 23.1 Å². The van der Waals surface area contributed by atoms with Crippen LogP contribution in [0.3, 0.4) is 0 Å². The lowest BCUT2D eigenvalue weighted by Gasteiger charge is -2.25. The van der Waals surface area contributed by atoms with Crippen LogP contribution in [-0.2, 0) is 19.6 Å². The maximum Gasteiger partial charge on any atom is 0.300 e. The summed E-state index contributed by atoms with van der Waals surface area (Å²) in [6.07, 6.45) is 0. The van der Waals surface area contributed by atoms with E-state index in [1.54, 1.807) is 54.6 Å². The second kappa shape index (κ2) is 8.23. The quantitative estimate of drug-likeness (QED) is 0.344. The molecule has 0 bridgehead atoms. The second-order valence-corrected chi connectivity index (χ2v) is 9.12. The van der Waals surface area contributed by atoms with E-state index in [4.69, 9.17) is 16.7 Å². The van der Waals surface area contributed by atoms with Gasteiger partial charge >= 0.3 is 0 Å². The number of hydrogen-bond donors (Lipinski definition) is 2. The van der Waals surface area contributed by atoms with Crippen LogP contribution in [0.15, 0.2) is 89.3 Å². The van der Waals surface area contributed by atoms with Gasteiger partial charge in [-0.2, -0.15) is 0 Å². The number of hydrogen-bond acceptors (Lipinski definition) is 5. The zero-order chi connectivity index (χ0) is 23.0. The molecular weight excluding hydrogens is 452 g/mol. The number of carbonyl (C=O) groups excluding carboxylic acids is 2. The summed E-state index contributed by atoms with van der Waals surface area (Å²) in [6.45, 7) is 0. The molecule has 3 aromatic rings. The monoisotopic (exact) mass is 468 g/mol. The van der Waals surface area contributed by atoms with Gasteiger partial charge in [-0.1, -0.05) is 54.1 Å². The number of halogens is 1. The number of ketones is 1. The van der Waals surface area contributed by atoms with Crippen LogP contribution >= 0.6 is 11.6 Å². The van der Waals surface area contributed by atoms with Crippen molar-refractivity contribution in [2.75, 3.05) is 4.90 Å². The third kappa shape index (κ3) is 3.91. The molecule has 1 aliphatic rings. The van der Waals surface area contributed by atoms with Crippen molar-refractivity contribution in [2.24, 2.45) is 5.14 Å². The number of primary sulfonamides is 1. The number of sulfonamides is 1. The fourth-order valence-electron chi connectivity index (χ4n) is 3.61. The fraction of sp³-hybridized carbons (Fsp3) is 0.0435. The average Bonchev–Trinajstić information content (AvgIpc) is 3.04. The lowest BCUT2D eigenvalue weighted by atomic mass is 9.95. The number of aliphatic hydroxyl groups is 1. The molecule has 162 valence electrons. The Labute approximate surface area is 189 Å². The predicted molar refractivity (Wildman–Crippen MR) is 120 cm³/mol. The van der Waals surface area contributed by atoms with Crippen LogP contribution in [0.2, 0.25) is 5.02 Å². The normalized spacial score (nSPS) is 18.2. The SMILES string of the molecule is NS(=O)(=O)c1ccc(N2C(=O)C(=O)/C(=C(/O)c3ccccc3)[C@H]2c2ccc(Cl)cc2)cc1. The molecule has 0 radical (unpaired) electrons. The van der Waals surface area contributed by atoms with Crippen LogP contribution < -0.4 is 10.0 Å². The van der Waals surface area contributed by atoms with Gasteiger partial charge in [-0.3, -0.25) is 14.5 Å². The van der Waals surface area contributed by atoms with Gasteiger partial charge in [0.05, 0.1) is 16.5 Å². The largest absolute Gasteiger partial charge is 0.507 e. The summed E-state index contributed by atoms with van der Waals surface area (Å²) in [5, 5.41) is 16.6. The molecule has 1 atom stereocenters. The molecule has 9 heteroatoms. The highest BCUT2D eigenvalue weighted by Crippen LogP contribution is 2.42. The molecule has 0 saturated carbocycles. The molecule has 1 aliphatic heterocycles. The Balaban J connectivity index is 1.92. The lowest BCUT2D eigenvalue weighted by molar-refractivity contribution is -0.132. The first-order valence-electron chi connectivity index (χ1n) is 9.43. The molecule has 1 amide bonds. The number of nitrogens with zero attached hydrogens (tertiary/aromatic N) is 1. The predicted octanol–water partition coefficient (Wildman–Crippen LogP) is 3.61. The highest BCUT2D eigenvalue weighted by Gasteiger charge is 2.47. The van der Waals surface area contributed by atoms with E-state index in [0.717, 1.165) is 0 Å². The van der Waals surface area contributed by atoms with E-state index in [2.05, 4.69) is 0 Å². The van der Waals surface area contributed by atoms with Crippen LogP contribution in [0.1, 0.15) is 17.2 Å². The molecule has 0 aliphatic carbocycles. The molecule has 1 fully saturated rings. The maximum atomic E-state index is 13.0. The van der Waals surface area contributed by atoms with Crippen molar-refractivity contribution in [1.29, 1.82) is 0 Å². The highest BCUT2D eigenvalue weighted by molar-refractivity contribution is 7.89. The van der Waals surface area contributed by atoms with Crippen molar-refractivity contribution in [3.05, 3.63) is 101 Å². The second-order valence-electron chi connectivity index (χ2n) is 7.13. The van der Waals surface area contributed by atoms with Gasteiger partial charge in [-0.25, -0.2) is 13.6 Å². The molecule has 0 aromatic heterocycles. The maximum absolute atomic E-state index is 13.0. The van der Waals surface area contributed by atoms with Crippen molar-refractivity contribution in [2.45, 2.75) is 10.9 Å². The van der Waals surface area contributed by atoms with Crippen LogP contribution in [0.4, 0.5) is 5.69 Å². The Morgan fingerprint density at radius 3 is 2.06 bits per heavy atom. The van der Waals surface area contributed by atoms with Crippen molar-refractivity contribution >= 4 is 44.8 Å². The molecular formula is C23H17ClN2O5S. The van der Waals surface area contributed by atoms with Gasteiger partial charge in [0, 0.05) is 16.3 Å². The molecule has 7 nitrogen and oxygen atoms in total. The molecule has 1 heterocycles. The van der Waals surface area contributed by atoms with Gasteiger partial charge < -0.3 is 5.11 Å². The van der Waals surface area contributed by atoms with Gasteiger partial charge in [0.1, 0.15) is 5.76 Å². The third-order valence-electron chi connectivity index (χ3n) is 5.12. The van der Waals surface area contributed by atoms with E-state index in [0.29, 0.717) is 16.1 Å². The molecule has 4 rings (SSSR count). The lowest BCUT2D eigenvalue weighted by Crippen LogP contribution is -2.29. The number of amides is 1. The Kier molecular flexibility index (Phi) is 5.60. The number of nitrogens with two attached hydrogens (primary N) is 1. The minimum absolute atomic E-state index is 0.0842. The third-order valence-corrected chi connectivity index (χ3v) is 6.30. The zero-order valence-electron chi connectivity index (χ0n) is 16.5. The molecule has 32 heavy (non-hydrogen) atoms. The fourth-order valence-corrected chi connectivity index (χ4v) is 4.25. The standard InChI is InChI=1S/C23H17ClN2O5S/c24-16-8-6-14(7-9-16)20-19(21(27)15-4-2-1-3-5-15)22(28)23(29)26(20)17-10-12-18(13-11-17)32(25,30)31/h1-13,20,27H,(H2,25,30,31)/b21-19+/t20-/m1/s1. The number of anilines is 1. The number of carbonyl (C=O) groups is 2. The van der Waals surface area contributed by atoms with Crippen molar-refractivity contribution in [1.82, 2.24) is 0 Å². The molecule has 0 spiro atoms. The summed E-state index contributed by atoms with van der Waals surface area (Å²) in [5.41, 5.74) is 1.11. The number of Topliss-reactive ketones (excluding diaryl/α,β-unsaturated/α-hetero) is 1. The van der Waals surface area contributed by atoms with Crippen LogP contribution in [0.25, 0.3) is 5.76 Å². The Morgan fingerprint density at radius 1 is 0.906 bits per heavy atom. The molecule has 0 unspecified atom stereocenters. The van der Waals surface area contributed by atoms with Gasteiger partial charge in [0.15, 0.2) is 0 Å². The summed E-state index contributed by atoms with van der Waals surface area (Å²) in [6, 6.07) is 19.3. The molecule has 3 N–H and O–H groups in total. The minimum atomic E-state index is -3.93. The van der Waals surface area contributed by atoms with Gasteiger partial charge in [-0.15, -0.1) is 0 Å². The van der Waals surface area contributed by atoms with Crippen LogP contribution in [-0.4, -0.2) is 25.2 Å². The molecule has 3 aromatic carbocycles. The summed E-state index contributed by atoms with van der Waals surface area (Å²) in [4.78, 5) is 27.2. The van der Waals surface area contributed by atoms with Crippen molar-refractivity contribution in [3.63, 3.8) is 0 Å². The van der Waals surface area contributed by atoms with E-state index < -0.39 is 27.8 Å². The smallest absolute Gasteiger partial charge is 0.300 e. The van der Waals surface area contributed by atoms with Crippen molar-refractivity contribution < 1.29 is 23.1 Å². The first-order chi connectivity index (χ1) is 15.2. The van der Waals surface area contributed by atoms with Gasteiger partial charge in [-0.05, 0) is 42.0 Å². The number of benzene rings is 3. The summed E-state index contributed by atoms with van der Waals surface area (Å²) >= 11 is 6.01. The zero-order valence-corrected chi connectivity index (χ0v) is 18.0. The number of aliphatic hydroxyl groups excluding tert-OH is 1. The van der Waals surface area contributed by atoms with E-state index in [1.165, 1.54) is 29.2 Å². The first kappa shape index (κ1) is 21.8. The Bertz CT molecular complexity index is 1340. The van der Waals surface area contributed by atoms with E-state index in [-0.39, 0.29) is 21.9 Å². The van der Waals surface area contributed by atoms with Gasteiger partial charge in [0.25, 0.3) is 11.7 Å². The van der Waals surface area contributed by atoms with E-state index >= 15 is 0 Å². The Hall–Kier alpha value is -3.46. The van der Waals surface area contributed by atoms with Crippen LogP contribution in [0, 0.1) is 0 Å². The van der Waals surface area contributed by atoms with E-state index in [1.807, 2.05) is 0 Å². The molecule has 1 saturated heterocycles. The topological polar surface area (TPSA) is 118 Å². The summed E-state index contributed by atoms with van der Waals surface area (Å²) < 4.78 is 23.2. The minimum Gasteiger partial charge on any atom is -0.507 e. The summed E-state index contributed by atoms with van der Waals surface area (Å²) in [5.74, 6) is -2.03. The number of rotatable bonds is 4. The average molecular weight is 469 g/mol. The summed E-state index contributed by atoms with van der Waals surface area (Å²) in [7, 11) is -3.93. The van der Waals surface area contributed by atoms with Crippen molar-refractivity contribution in [3.8, 4) is 0 Å². The first-order valence-corrected chi connectivity index (χ1v) is 11.4.